The average molecular weight is 385 g/mol. The van der Waals surface area contributed by atoms with Crippen molar-refractivity contribution in [2.45, 2.75) is 38.8 Å². The SMILES string of the molecule is Cc1[nH]c2ccc(-c3nnc(SCC(=O)N4CCC[C@H](C)C4)o3)cc2c1C. The number of benzene rings is 1. The summed E-state index contributed by atoms with van der Waals surface area (Å²) in [6.07, 6.45) is 2.29. The Morgan fingerprint density at radius 3 is 3.04 bits per heavy atom. The van der Waals surface area contributed by atoms with E-state index in [2.05, 4.69) is 42.0 Å². The molecule has 1 amide bonds. The number of nitrogens with zero attached hydrogens (tertiary/aromatic N) is 3. The van der Waals surface area contributed by atoms with Crippen LogP contribution in [-0.4, -0.2) is 44.8 Å². The zero-order valence-electron chi connectivity index (χ0n) is 15.9. The molecule has 0 radical (unpaired) electrons. The molecule has 6 nitrogen and oxygen atoms in total. The minimum Gasteiger partial charge on any atom is -0.411 e. The molecule has 1 saturated heterocycles. The van der Waals surface area contributed by atoms with Crippen LogP contribution in [0.4, 0.5) is 0 Å². The molecule has 0 spiro atoms. The van der Waals surface area contributed by atoms with Crippen LogP contribution in [0.1, 0.15) is 31.0 Å². The summed E-state index contributed by atoms with van der Waals surface area (Å²) >= 11 is 1.31. The van der Waals surface area contributed by atoms with Gasteiger partial charge in [0.1, 0.15) is 0 Å². The molecule has 1 N–H and O–H groups in total. The van der Waals surface area contributed by atoms with Crippen LogP contribution in [0, 0.1) is 19.8 Å². The van der Waals surface area contributed by atoms with Crippen molar-refractivity contribution in [3.63, 3.8) is 0 Å². The first-order valence-corrected chi connectivity index (χ1v) is 10.3. The zero-order chi connectivity index (χ0) is 19.0. The van der Waals surface area contributed by atoms with Gasteiger partial charge in [0.05, 0.1) is 5.75 Å². The first-order valence-electron chi connectivity index (χ1n) is 9.34. The summed E-state index contributed by atoms with van der Waals surface area (Å²) in [7, 11) is 0. The van der Waals surface area contributed by atoms with Crippen molar-refractivity contribution >= 4 is 28.6 Å². The quantitative estimate of drug-likeness (QED) is 0.683. The average Bonchev–Trinajstić information content (AvgIpc) is 3.25. The van der Waals surface area contributed by atoms with Gasteiger partial charge in [-0.05, 0) is 56.4 Å². The highest BCUT2D eigenvalue weighted by molar-refractivity contribution is 7.99. The van der Waals surface area contributed by atoms with Crippen molar-refractivity contribution < 1.29 is 9.21 Å². The first-order chi connectivity index (χ1) is 13.0. The normalized spacial score (nSPS) is 17.6. The van der Waals surface area contributed by atoms with E-state index in [1.54, 1.807) is 0 Å². The smallest absolute Gasteiger partial charge is 0.277 e. The summed E-state index contributed by atoms with van der Waals surface area (Å²) in [5.41, 5.74) is 4.38. The lowest BCUT2D eigenvalue weighted by Gasteiger charge is -2.30. The number of rotatable bonds is 4. The van der Waals surface area contributed by atoms with Crippen molar-refractivity contribution in [1.29, 1.82) is 0 Å². The molecule has 1 aromatic carbocycles. The third-order valence-corrected chi connectivity index (χ3v) is 6.09. The number of fused-ring (bicyclic) bond motifs is 1. The number of aromatic nitrogens is 3. The number of likely N-dealkylation sites (tertiary alicyclic amines) is 1. The van der Waals surface area contributed by atoms with Crippen molar-refractivity contribution in [1.82, 2.24) is 20.1 Å². The van der Waals surface area contributed by atoms with E-state index in [0.29, 0.717) is 22.8 Å². The van der Waals surface area contributed by atoms with E-state index in [4.69, 9.17) is 4.42 Å². The third kappa shape index (κ3) is 3.74. The highest BCUT2D eigenvalue weighted by Gasteiger charge is 2.21. The maximum absolute atomic E-state index is 12.4. The number of aryl methyl sites for hydroxylation is 2. The van der Waals surface area contributed by atoms with E-state index in [1.165, 1.54) is 23.7 Å². The van der Waals surface area contributed by atoms with Gasteiger partial charge < -0.3 is 14.3 Å². The van der Waals surface area contributed by atoms with Crippen LogP contribution in [0.25, 0.3) is 22.4 Å². The molecule has 0 aliphatic carbocycles. The molecule has 0 saturated carbocycles. The minimum atomic E-state index is 0.145. The molecule has 1 atom stereocenters. The number of carbonyl (C=O) groups excluding carboxylic acids is 1. The highest BCUT2D eigenvalue weighted by atomic mass is 32.2. The van der Waals surface area contributed by atoms with E-state index in [9.17, 15) is 4.79 Å². The standard InChI is InChI=1S/C20H24N4O2S/c1-12-5-4-8-24(10-12)18(25)11-27-20-23-22-19(26-20)15-6-7-17-16(9-15)13(2)14(3)21-17/h6-7,9,12,21H,4-5,8,10-11H2,1-3H3/t12-/m0/s1. The lowest BCUT2D eigenvalue weighted by molar-refractivity contribution is -0.130. The van der Waals surface area contributed by atoms with Crippen molar-refractivity contribution in [3.05, 3.63) is 29.5 Å². The van der Waals surface area contributed by atoms with Gasteiger partial charge in [-0.3, -0.25) is 4.79 Å². The van der Waals surface area contributed by atoms with Gasteiger partial charge in [0.2, 0.25) is 11.8 Å². The molecule has 2 aromatic heterocycles. The molecular formula is C20H24N4O2S. The fourth-order valence-electron chi connectivity index (χ4n) is 3.61. The molecule has 4 rings (SSSR count). The number of thioether (sulfide) groups is 1. The Bertz CT molecular complexity index is 978. The monoisotopic (exact) mass is 384 g/mol. The predicted molar refractivity (Wildman–Crippen MR) is 107 cm³/mol. The van der Waals surface area contributed by atoms with E-state index < -0.39 is 0 Å². The van der Waals surface area contributed by atoms with Crippen LogP contribution >= 0.6 is 11.8 Å². The lowest BCUT2D eigenvalue weighted by Crippen LogP contribution is -2.40. The molecule has 0 bridgehead atoms. The number of piperidine rings is 1. The van der Waals surface area contributed by atoms with Crippen LogP contribution < -0.4 is 0 Å². The van der Waals surface area contributed by atoms with Crippen molar-refractivity contribution in [3.8, 4) is 11.5 Å². The van der Waals surface area contributed by atoms with Crippen LogP contribution in [0.2, 0.25) is 0 Å². The molecule has 3 aromatic rings. The van der Waals surface area contributed by atoms with Crippen molar-refractivity contribution in [2.24, 2.45) is 5.92 Å². The highest BCUT2D eigenvalue weighted by Crippen LogP contribution is 2.29. The molecule has 3 heterocycles. The summed E-state index contributed by atoms with van der Waals surface area (Å²) in [5, 5.41) is 9.85. The zero-order valence-corrected chi connectivity index (χ0v) is 16.7. The number of carbonyl (C=O) groups is 1. The second-order valence-corrected chi connectivity index (χ2v) is 8.31. The number of H-pyrrole nitrogens is 1. The van der Waals surface area contributed by atoms with Gasteiger partial charge in [-0.25, -0.2) is 0 Å². The summed E-state index contributed by atoms with van der Waals surface area (Å²) < 4.78 is 5.78. The lowest BCUT2D eigenvalue weighted by atomic mass is 10.0. The Kier molecular flexibility index (Phi) is 4.95. The Morgan fingerprint density at radius 2 is 2.22 bits per heavy atom. The maximum atomic E-state index is 12.4. The van der Waals surface area contributed by atoms with Crippen molar-refractivity contribution in [2.75, 3.05) is 18.8 Å². The molecule has 1 aliphatic rings. The van der Waals surface area contributed by atoms with Gasteiger partial charge >= 0.3 is 0 Å². The fourth-order valence-corrected chi connectivity index (χ4v) is 4.28. The van der Waals surface area contributed by atoms with Gasteiger partial charge in [-0.1, -0.05) is 18.7 Å². The van der Waals surface area contributed by atoms with Gasteiger partial charge in [0.25, 0.3) is 5.22 Å². The molecule has 27 heavy (non-hydrogen) atoms. The molecule has 7 heteroatoms. The Labute approximate surface area is 162 Å². The summed E-state index contributed by atoms with van der Waals surface area (Å²) in [6, 6.07) is 6.07. The molecule has 0 unspecified atom stereocenters. The summed E-state index contributed by atoms with van der Waals surface area (Å²) in [4.78, 5) is 17.7. The molecular weight excluding hydrogens is 360 g/mol. The number of nitrogens with one attached hydrogen (secondary N) is 1. The van der Waals surface area contributed by atoms with Crippen LogP contribution in [0.5, 0.6) is 0 Å². The summed E-state index contributed by atoms with van der Waals surface area (Å²) in [6.45, 7) is 8.07. The maximum Gasteiger partial charge on any atom is 0.277 e. The van der Waals surface area contributed by atoms with Gasteiger partial charge in [-0.2, -0.15) is 0 Å². The number of hydrogen-bond donors (Lipinski definition) is 1. The van der Waals surface area contributed by atoms with E-state index in [0.717, 1.165) is 41.7 Å². The Hall–Kier alpha value is -2.28. The Balaban J connectivity index is 1.44. The number of amides is 1. The fraction of sp³-hybridized carbons (Fsp3) is 0.450. The topological polar surface area (TPSA) is 75.0 Å². The molecule has 1 fully saturated rings. The summed E-state index contributed by atoms with van der Waals surface area (Å²) in [5.74, 6) is 1.55. The van der Waals surface area contributed by atoms with Crippen LogP contribution in [0.3, 0.4) is 0 Å². The molecule has 142 valence electrons. The van der Waals surface area contributed by atoms with Crippen LogP contribution in [-0.2, 0) is 4.79 Å². The largest absolute Gasteiger partial charge is 0.411 e. The second-order valence-electron chi connectivity index (χ2n) is 7.38. The predicted octanol–water partition coefficient (Wildman–Crippen LogP) is 4.19. The Morgan fingerprint density at radius 1 is 1.37 bits per heavy atom. The third-order valence-electron chi connectivity index (χ3n) is 5.29. The van der Waals surface area contributed by atoms with Gasteiger partial charge in [-0.15, -0.1) is 10.2 Å². The van der Waals surface area contributed by atoms with Crippen LogP contribution in [0.15, 0.2) is 27.8 Å². The van der Waals surface area contributed by atoms with E-state index in [-0.39, 0.29) is 5.91 Å². The van der Waals surface area contributed by atoms with E-state index >= 15 is 0 Å². The second kappa shape index (κ2) is 7.38. The van der Waals surface area contributed by atoms with Gasteiger partial charge in [0, 0.05) is 35.2 Å². The minimum absolute atomic E-state index is 0.145. The molecule has 1 aliphatic heterocycles. The number of hydrogen-bond acceptors (Lipinski definition) is 5. The van der Waals surface area contributed by atoms with Gasteiger partial charge in [0.15, 0.2) is 0 Å². The first kappa shape index (κ1) is 18.1. The number of aromatic amines is 1. The van der Waals surface area contributed by atoms with E-state index in [1.807, 2.05) is 17.0 Å².